The molecule has 2 heterocycles. The van der Waals surface area contributed by atoms with Gasteiger partial charge in [-0.15, -0.1) is 0 Å². The lowest BCUT2D eigenvalue weighted by Gasteiger charge is -2.30. The number of pyridine rings is 1. The summed E-state index contributed by atoms with van der Waals surface area (Å²) in [6, 6.07) is 4.88. The molecule has 1 fully saturated rings. The second-order valence-electron chi connectivity index (χ2n) is 5.24. The molecular weight excluding hydrogens is 222 g/mol. The highest BCUT2D eigenvalue weighted by atomic mass is 15.1. The van der Waals surface area contributed by atoms with Gasteiger partial charge in [0.15, 0.2) is 0 Å². The fourth-order valence-electron chi connectivity index (χ4n) is 2.69. The summed E-state index contributed by atoms with van der Waals surface area (Å²) in [6.45, 7) is 6.82. The monoisotopic (exact) mass is 247 g/mol. The summed E-state index contributed by atoms with van der Waals surface area (Å²) < 4.78 is 0. The fourth-order valence-corrected chi connectivity index (χ4v) is 2.69. The number of aromatic nitrogens is 1. The van der Waals surface area contributed by atoms with E-state index < -0.39 is 0 Å². The molecule has 0 aliphatic carbocycles. The Hall–Kier alpha value is -0.930. The van der Waals surface area contributed by atoms with Crippen LogP contribution in [0.5, 0.6) is 0 Å². The van der Waals surface area contributed by atoms with E-state index in [1.54, 1.807) is 0 Å². The van der Waals surface area contributed by atoms with Gasteiger partial charge in [0.1, 0.15) is 0 Å². The van der Waals surface area contributed by atoms with Crippen LogP contribution in [0.2, 0.25) is 0 Å². The topological polar surface area (TPSA) is 28.2 Å². The lowest BCUT2D eigenvalue weighted by Crippen LogP contribution is -2.43. The van der Waals surface area contributed by atoms with Crippen LogP contribution in [0.15, 0.2) is 24.5 Å². The van der Waals surface area contributed by atoms with Crippen LogP contribution < -0.4 is 5.32 Å². The number of rotatable bonds is 6. The average molecular weight is 247 g/mol. The first-order valence-electron chi connectivity index (χ1n) is 7.23. The summed E-state index contributed by atoms with van der Waals surface area (Å²) in [5, 5.41) is 3.64. The largest absolute Gasteiger partial charge is 0.313 e. The van der Waals surface area contributed by atoms with Gasteiger partial charge in [0.05, 0.1) is 0 Å². The lowest BCUT2D eigenvalue weighted by atomic mass is 10.0. The van der Waals surface area contributed by atoms with Crippen LogP contribution in [0.3, 0.4) is 0 Å². The Labute approximate surface area is 111 Å². The highest BCUT2D eigenvalue weighted by Crippen LogP contribution is 2.11. The van der Waals surface area contributed by atoms with E-state index in [9.17, 15) is 0 Å². The minimum atomic E-state index is 0.682. The van der Waals surface area contributed by atoms with E-state index in [1.165, 1.54) is 50.9 Å². The van der Waals surface area contributed by atoms with Crippen LogP contribution >= 0.6 is 0 Å². The van der Waals surface area contributed by atoms with Crippen LogP contribution in [-0.2, 0) is 6.54 Å². The van der Waals surface area contributed by atoms with E-state index in [0.29, 0.717) is 6.04 Å². The van der Waals surface area contributed by atoms with Crippen molar-refractivity contribution >= 4 is 0 Å². The van der Waals surface area contributed by atoms with Crippen molar-refractivity contribution in [3.63, 3.8) is 0 Å². The number of hydrogen-bond donors (Lipinski definition) is 1. The SMILES string of the molecule is CCCN(Cc1cccnc1)CC1CCCCN1. The molecule has 1 N–H and O–H groups in total. The van der Waals surface area contributed by atoms with Crippen molar-refractivity contribution in [1.29, 1.82) is 0 Å². The second-order valence-corrected chi connectivity index (χ2v) is 5.24. The first-order chi connectivity index (χ1) is 8.88. The van der Waals surface area contributed by atoms with Gasteiger partial charge in [-0.3, -0.25) is 9.88 Å². The van der Waals surface area contributed by atoms with Gasteiger partial charge >= 0.3 is 0 Å². The normalized spacial score (nSPS) is 20.2. The van der Waals surface area contributed by atoms with Crippen molar-refractivity contribution in [3.8, 4) is 0 Å². The maximum absolute atomic E-state index is 4.20. The number of nitrogens with one attached hydrogen (secondary N) is 1. The molecule has 1 unspecified atom stereocenters. The van der Waals surface area contributed by atoms with Gasteiger partial charge in [0.2, 0.25) is 0 Å². The molecule has 1 aromatic heterocycles. The number of piperidine rings is 1. The summed E-state index contributed by atoms with van der Waals surface area (Å²) in [7, 11) is 0. The van der Waals surface area contributed by atoms with Gasteiger partial charge in [-0.05, 0) is 44.0 Å². The molecule has 1 saturated heterocycles. The molecule has 0 aromatic carbocycles. The third-order valence-corrected chi connectivity index (χ3v) is 3.56. The van der Waals surface area contributed by atoms with Crippen molar-refractivity contribution in [3.05, 3.63) is 30.1 Å². The van der Waals surface area contributed by atoms with Crippen molar-refractivity contribution in [2.45, 2.75) is 45.2 Å². The fraction of sp³-hybridized carbons (Fsp3) is 0.667. The molecule has 0 amide bonds. The van der Waals surface area contributed by atoms with Crippen LogP contribution in [-0.4, -0.2) is 35.6 Å². The van der Waals surface area contributed by atoms with E-state index in [4.69, 9.17) is 0 Å². The third-order valence-electron chi connectivity index (χ3n) is 3.56. The summed E-state index contributed by atoms with van der Waals surface area (Å²) in [4.78, 5) is 6.76. The zero-order chi connectivity index (χ0) is 12.6. The molecule has 3 nitrogen and oxygen atoms in total. The van der Waals surface area contributed by atoms with Gasteiger partial charge in [-0.1, -0.05) is 19.4 Å². The van der Waals surface area contributed by atoms with Crippen molar-refractivity contribution in [2.75, 3.05) is 19.6 Å². The maximum Gasteiger partial charge on any atom is 0.0312 e. The minimum Gasteiger partial charge on any atom is -0.313 e. The van der Waals surface area contributed by atoms with E-state index >= 15 is 0 Å². The lowest BCUT2D eigenvalue weighted by molar-refractivity contribution is 0.217. The maximum atomic E-state index is 4.20. The summed E-state index contributed by atoms with van der Waals surface area (Å²) in [5.74, 6) is 0. The molecule has 3 heteroatoms. The van der Waals surface area contributed by atoms with Crippen LogP contribution in [0.4, 0.5) is 0 Å². The van der Waals surface area contributed by atoms with Crippen LogP contribution in [0, 0.1) is 0 Å². The molecule has 1 atom stereocenters. The Morgan fingerprint density at radius 3 is 3.06 bits per heavy atom. The van der Waals surface area contributed by atoms with E-state index in [1.807, 2.05) is 18.5 Å². The summed E-state index contributed by atoms with van der Waals surface area (Å²) >= 11 is 0. The Balaban J connectivity index is 1.86. The molecule has 1 aromatic rings. The zero-order valence-electron chi connectivity index (χ0n) is 11.4. The third kappa shape index (κ3) is 4.39. The molecule has 0 spiro atoms. The van der Waals surface area contributed by atoms with E-state index in [0.717, 1.165) is 6.54 Å². The predicted octanol–water partition coefficient (Wildman–Crippen LogP) is 2.44. The van der Waals surface area contributed by atoms with Crippen LogP contribution in [0.25, 0.3) is 0 Å². The van der Waals surface area contributed by atoms with Crippen LogP contribution in [0.1, 0.15) is 38.2 Å². The molecule has 0 radical (unpaired) electrons. The molecule has 0 bridgehead atoms. The van der Waals surface area contributed by atoms with Gasteiger partial charge < -0.3 is 5.32 Å². The first-order valence-corrected chi connectivity index (χ1v) is 7.23. The van der Waals surface area contributed by atoms with Crippen molar-refractivity contribution < 1.29 is 0 Å². The van der Waals surface area contributed by atoms with Gasteiger partial charge in [0.25, 0.3) is 0 Å². The molecule has 1 aliphatic heterocycles. The molecule has 18 heavy (non-hydrogen) atoms. The number of nitrogens with zero attached hydrogens (tertiary/aromatic N) is 2. The minimum absolute atomic E-state index is 0.682. The molecule has 2 rings (SSSR count). The second kappa shape index (κ2) is 7.49. The Bertz CT molecular complexity index is 320. The summed E-state index contributed by atoms with van der Waals surface area (Å²) in [5.41, 5.74) is 1.32. The van der Waals surface area contributed by atoms with Crippen molar-refractivity contribution in [2.24, 2.45) is 0 Å². The van der Waals surface area contributed by atoms with Gasteiger partial charge in [0, 0.05) is 31.5 Å². The highest BCUT2D eigenvalue weighted by Gasteiger charge is 2.16. The average Bonchev–Trinajstić information content (AvgIpc) is 2.41. The summed E-state index contributed by atoms with van der Waals surface area (Å²) in [6.07, 6.45) is 9.09. The van der Waals surface area contributed by atoms with E-state index in [2.05, 4.69) is 28.2 Å². The van der Waals surface area contributed by atoms with Gasteiger partial charge in [-0.2, -0.15) is 0 Å². The Morgan fingerprint density at radius 2 is 2.39 bits per heavy atom. The quantitative estimate of drug-likeness (QED) is 0.837. The Morgan fingerprint density at radius 1 is 1.44 bits per heavy atom. The molecule has 100 valence electrons. The van der Waals surface area contributed by atoms with Crippen molar-refractivity contribution in [1.82, 2.24) is 15.2 Å². The number of hydrogen-bond acceptors (Lipinski definition) is 3. The van der Waals surface area contributed by atoms with E-state index in [-0.39, 0.29) is 0 Å². The molecule has 1 aliphatic rings. The standard InChI is InChI=1S/C15H25N3/c1-2-10-18(12-14-6-5-8-16-11-14)13-15-7-3-4-9-17-15/h5-6,8,11,15,17H,2-4,7,9-10,12-13H2,1H3. The molecular formula is C15H25N3. The smallest absolute Gasteiger partial charge is 0.0312 e. The first kappa shape index (κ1) is 13.5. The molecule has 0 saturated carbocycles. The van der Waals surface area contributed by atoms with Gasteiger partial charge in [-0.25, -0.2) is 0 Å². The predicted molar refractivity (Wildman–Crippen MR) is 75.4 cm³/mol. The Kier molecular flexibility index (Phi) is 5.62. The highest BCUT2D eigenvalue weighted by molar-refractivity contribution is 5.08. The zero-order valence-corrected chi connectivity index (χ0v) is 11.4.